The normalized spacial score (nSPS) is 16.0. The molecular formula is C23H27N5O4. The first-order valence-corrected chi connectivity index (χ1v) is 10.5. The number of nitrogens with zero attached hydrogens (tertiary/aromatic N) is 4. The Kier molecular flexibility index (Phi) is 6.16. The third-order valence-corrected chi connectivity index (χ3v) is 5.69. The number of amides is 2. The van der Waals surface area contributed by atoms with Crippen LogP contribution < -0.4 is 20.5 Å². The van der Waals surface area contributed by atoms with Gasteiger partial charge in [0.25, 0.3) is 0 Å². The molecular weight excluding hydrogens is 410 g/mol. The van der Waals surface area contributed by atoms with Gasteiger partial charge in [0.1, 0.15) is 17.3 Å². The Balaban J connectivity index is 1.56. The maximum absolute atomic E-state index is 13.0. The number of benzene rings is 2. The van der Waals surface area contributed by atoms with E-state index in [2.05, 4.69) is 10.4 Å². The maximum atomic E-state index is 13.0. The first kappa shape index (κ1) is 21.5. The molecule has 1 atom stereocenters. The van der Waals surface area contributed by atoms with Gasteiger partial charge < -0.3 is 19.7 Å². The van der Waals surface area contributed by atoms with Gasteiger partial charge in [0.2, 0.25) is 0 Å². The number of urea groups is 1. The van der Waals surface area contributed by atoms with Gasteiger partial charge in [0.05, 0.1) is 25.6 Å². The third-order valence-electron chi connectivity index (χ3n) is 5.69. The average Bonchev–Trinajstić information content (AvgIpc) is 3.14. The number of piperidine rings is 1. The van der Waals surface area contributed by atoms with Crippen LogP contribution in [0, 0.1) is 0 Å². The van der Waals surface area contributed by atoms with Crippen molar-refractivity contribution in [2.45, 2.75) is 18.8 Å². The summed E-state index contributed by atoms with van der Waals surface area (Å²) < 4.78 is 13.6. The lowest BCUT2D eigenvalue weighted by molar-refractivity contribution is 0.191. The lowest BCUT2D eigenvalue weighted by Gasteiger charge is -2.32. The summed E-state index contributed by atoms with van der Waals surface area (Å²) in [5.41, 5.74) is 1.14. The number of nitrogens with one attached hydrogen (secondary N) is 1. The number of hydrogen-bond acceptors (Lipinski definition) is 5. The largest absolute Gasteiger partial charge is 0.497 e. The Morgan fingerprint density at radius 3 is 2.62 bits per heavy atom. The van der Waals surface area contributed by atoms with Crippen LogP contribution in [0.15, 0.2) is 53.3 Å². The fourth-order valence-electron chi connectivity index (χ4n) is 4.04. The lowest BCUT2D eigenvalue weighted by Crippen LogP contribution is -2.42. The molecule has 9 nitrogen and oxygen atoms in total. The summed E-state index contributed by atoms with van der Waals surface area (Å²) in [6, 6.07) is 14.5. The number of carbonyl (C=O) groups is 1. The third kappa shape index (κ3) is 4.18. The molecule has 0 aliphatic carbocycles. The van der Waals surface area contributed by atoms with Gasteiger partial charge in [-0.3, -0.25) is 0 Å². The molecule has 2 heterocycles. The van der Waals surface area contributed by atoms with Crippen molar-refractivity contribution in [3.05, 3.63) is 64.8 Å². The SMILES string of the molecule is COc1ccc(NC(=O)N2CCCC(c3nn(C)c(=O)n3-c3ccccc3)C2)c(OC)c1. The standard InChI is InChI=1S/C23H27N5O4/c1-26-23(30)28(17-9-5-4-6-10-17)21(25-26)16-8-7-13-27(15-16)22(29)24-19-12-11-18(31-2)14-20(19)32-3/h4-6,9-12,14,16H,7-8,13,15H2,1-3H3,(H,24,29). The quantitative estimate of drug-likeness (QED) is 0.663. The van der Waals surface area contributed by atoms with E-state index in [0.717, 1.165) is 18.5 Å². The smallest absolute Gasteiger partial charge is 0.350 e. The molecule has 4 rings (SSSR count). The molecule has 32 heavy (non-hydrogen) atoms. The molecule has 1 fully saturated rings. The van der Waals surface area contributed by atoms with Crippen LogP contribution in [0.4, 0.5) is 10.5 Å². The highest BCUT2D eigenvalue weighted by molar-refractivity contribution is 5.91. The number of anilines is 1. The summed E-state index contributed by atoms with van der Waals surface area (Å²) in [5, 5.41) is 7.44. The Labute approximate surface area is 186 Å². The Bertz CT molecular complexity index is 1150. The van der Waals surface area contributed by atoms with Crippen molar-refractivity contribution in [3.63, 3.8) is 0 Å². The van der Waals surface area contributed by atoms with Gasteiger partial charge >= 0.3 is 11.7 Å². The monoisotopic (exact) mass is 437 g/mol. The number of likely N-dealkylation sites (tertiary alicyclic amines) is 1. The highest BCUT2D eigenvalue weighted by Crippen LogP contribution is 2.31. The van der Waals surface area contributed by atoms with Crippen molar-refractivity contribution in [1.82, 2.24) is 19.2 Å². The molecule has 9 heteroatoms. The lowest BCUT2D eigenvalue weighted by atomic mass is 9.97. The van der Waals surface area contributed by atoms with Gasteiger partial charge in [-0.2, -0.15) is 5.10 Å². The number of methoxy groups -OCH3 is 2. The Morgan fingerprint density at radius 2 is 1.91 bits per heavy atom. The van der Waals surface area contributed by atoms with Gasteiger partial charge in [-0.1, -0.05) is 18.2 Å². The van der Waals surface area contributed by atoms with Crippen LogP contribution in [-0.2, 0) is 7.05 Å². The fourth-order valence-corrected chi connectivity index (χ4v) is 4.04. The number of ether oxygens (including phenoxy) is 2. The van der Waals surface area contributed by atoms with Crippen LogP contribution in [0.3, 0.4) is 0 Å². The van der Waals surface area contributed by atoms with Gasteiger partial charge in [0.15, 0.2) is 0 Å². The second-order valence-electron chi connectivity index (χ2n) is 7.72. The van der Waals surface area contributed by atoms with Gasteiger partial charge in [0, 0.05) is 32.1 Å². The summed E-state index contributed by atoms with van der Waals surface area (Å²) in [6.45, 7) is 1.09. The average molecular weight is 438 g/mol. The molecule has 1 N–H and O–H groups in total. The van der Waals surface area contributed by atoms with Crippen LogP contribution in [0.5, 0.6) is 11.5 Å². The predicted molar refractivity (Wildman–Crippen MR) is 121 cm³/mol. The summed E-state index contributed by atoms with van der Waals surface area (Å²) in [6.07, 6.45) is 1.66. The maximum Gasteiger partial charge on any atom is 0.350 e. The van der Waals surface area contributed by atoms with Crippen LogP contribution in [-0.4, -0.2) is 52.6 Å². The molecule has 0 saturated carbocycles. The second kappa shape index (κ2) is 9.17. The minimum absolute atomic E-state index is 0.0543. The van der Waals surface area contributed by atoms with Gasteiger partial charge in [-0.05, 0) is 37.1 Å². The summed E-state index contributed by atoms with van der Waals surface area (Å²) in [5.74, 6) is 1.78. The molecule has 168 valence electrons. The summed E-state index contributed by atoms with van der Waals surface area (Å²) >= 11 is 0. The number of aromatic nitrogens is 3. The minimum Gasteiger partial charge on any atom is -0.497 e. The van der Waals surface area contributed by atoms with Crippen molar-refractivity contribution in [2.24, 2.45) is 7.05 Å². The molecule has 1 unspecified atom stereocenters. The van der Waals surface area contributed by atoms with E-state index in [1.54, 1.807) is 48.9 Å². The molecule has 3 aromatic rings. The van der Waals surface area contributed by atoms with Crippen LogP contribution in [0.1, 0.15) is 24.6 Å². The van der Waals surface area contributed by atoms with Crippen molar-refractivity contribution in [3.8, 4) is 17.2 Å². The van der Waals surface area contributed by atoms with E-state index >= 15 is 0 Å². The van der Waals surface area contributed by atoms with Crippen LogP contribution in [0.25, 0.3) is 5.69 Å². The second-order valence-corrected chi connectivity index (χ2v) is 7.72. The molecule has 0 radical (unpaired) electrons. The first-order chi connectivity index (χ1) is 15.5. The molecule has 1 aliphatic heterocycles. The molecule has 2 amide bonds. The predicted octanol–water partition coefficient (Wildman–Crippen LogP) is 3.00. The molecule has 2 aromatic carbocycles. The zero-order valence-electron chi connectivity index (χ0n) is 18.4. The van der Waals surface area contributed by atoms with Crippen molar-refractivity contribution < 1.29 is 14.3 Å². The van der Waals surface area contributed by atoms with E-state index in [9.17, 15) is 9.59 Å². The fraction of sp³-hybridized carbons (Fsp3) is 0.348. The van der Waals surface area contributed by atoms with Crippen molar-refractivity contribution in [1.29, 1.82) is 0 Å². The van der Waals surface area contributed by atoms with E-state index in [1.165, 1.54) is 4.68 Å². The summed E-state index contributed by atoms with van der Waals surface area (Å²) in [4.78, 5) is 27.5. The number of hydrogen-bond donors (Lipinski definition) is 1. The first-order valence-electron chi connectivity index (χ1n) is 10.5. The van der Waals surface area contributed by atoms with Crippen LogP contribution in [0.2, 0.25) is 0 Å². The van der Waals surface area contributed by atoms with E-state index in [4.69, 9.17) is 9.47 Å². The highest BCUT2D eigenvalue weighted by Gasteiger charge is 2.30. The van der Waals surface area contributed by atoms with Crippen molar-refractivity contribution >= 4 is 11.7 Å². The Morgan fingerprint density at radius 1 is 1.12 bits per heavy atom. The number of carbonyl (C=O) groups excluding carboxylic acids is 1. The van der Waals surface area contributed by atoms with Gasteiger partial charge in [-0.15, -0.1) is 0 Å². The zero-order chi connectivity index (χ0) is 22.7. The molecule has 0 bridgehead atoms. The van der Waals surface area contributed by atoms with E-state index in [-0.39, 0.29) is 17.6 Å². The number of para-hydroxylation sites is 1. The zero-order valence-corrected chi connectivity index (χ0v) is 18.4. The molecule has 0 spiro atoms. The summed E-state index contributed by atoms with van der Waals surface area (Å²) in [7, 11) is 4.77. The van der Waals surface area contributed by atoms with Crippen molar-refractivity contribution in [2.75, 3.05) is 32.6 Å². The van der Waals surface area contributed by atoms with E-state index in [1.807, 2.05) is 30.3 Å². The minimum atomic E-state index is -0.220. The topological polar surface area (TPSA) is 90.6 Å². The van der Waals surface area contributed by atoms with Crippen LogP contribution >= 0.6 is 0 Å². The van der Waals surface area contributed by atoms with E-state index in [0.29, 0.717) is 36.1 Å². The molecule has 1 saturated heterocycles. The number of aryl methyl sites for hydroxylation is 1. The van der Waals surface area contributed by atoms with Gasteiger partial charge in [-0.25, -0.2) is 18.8 Å². The highest BCUT2D eigenvalue weighted by atomic mass is 16.5. The number of rotatable bonds is 5. The Hall–Kier alpha value is -3.75. The molecule has 1 aromatic heterocycles. The molecule has 1 aliphatic rings. The van der Waals surface area contributed by atoms with E-state index < -0.39 is 0 Å².